The van der Waals surface area contributed by atoms with Crippen molar-refractivity contribution in [2.75, 3.05) is 0 Å². The van der Waals surface area contributed by atoms with Crippen LogP contribution >= 0.6 is 0 Å². The maximum Gasteiger partial charge on any atom is 0.412 e. The van der Waals surface area contributed by atoms with E-state index >= 15 is 0 Å². The zero-order valence-electron chi connectivity index (χ0n) is 9.48. The summed E-state index contributed by atoms with van der Waals surface area (Å²) in [5, 5.41) is 0. The van der Waals surface area contributed by atoms with E-state index in [0.29, 0.717) is 17.3 Å². The summed E-state index contributed by atoms with van der Waals surface area (Å²) in [6.07, 6.45) is -2.92. The number of oxazole rings is 1. The molecule has 0 fully saturated rings. The fourth-order valence-electron chi connectivity index (χ4n) is 1.49. The van der Waals surface area contributed by atoms with Crippen LogP contribution in [0.1, 0.15) is 37.6 Å². The molecule has 2 nitrogen and oxygen atoms in total. The summed E-state index contributed by atoms with van der Waals surface area (Å²) in [7, 11) is 0. The highest BCUT2D eigenvalue weighted by atomic mass is 19.4. The van der Waals surface area contributed by atoms with Crippen molar-refractivity contribution >= 4 is 6.08 Å². The Bertz CT molecular complexity index is 390. The van der Waals surface area contributed by atoms with E-state index < -0.39 is 11.7 Å². The smallest absolute Gasteiger partial charge is 0.412 e. The first-order valence-corrected chi connectivity index (χ1v) is 5.21. The van der Waals surface area contributed by atoms with Gasteiger partial charge in [-0.15, -0.1) is 0 Å². The predicted molar refractivity (Wildman–Crippen MR) is 54.9 cm³/mol. The quantitative estimate of drug-likeness (QED) is 0.679. The summed E-state index contributed by atoms with van der Waals surface area (Å²) >= 11 is 0. The Labute approximate surface area is 92.2 Å². The van der Waals surface area contributed by atoms with Gasteiger partial charge in [0.1, 0.15) is 11.5 Å². The van der Waals surface area contributed by atoms with E-state index in [1.54, 1.807) is 6.92 Å². The zero-order chi connectivity index (χ0) is 12.3. The fourth-order valence-corrected chi connectivity index (χ4v) is 1.49. The first kappa shape index (κ1) is 12.8. The Morgan fingerprint density at radius 1 is 1.25 bits per heavy atom. The van der Waals surface area contributed by atoms with Crippen LogP contribution in [0, 0.1) is 6.92 Å². The number of nitrogens with zero attached hydrogens (tertiary/aromatic N) is 1. The summed E-state index contributed by atoms with van der Waals surface area (Å²) in [5.41, 5.74) is -0.209. The molecule has 0 saturated heterocycles. The monoisotopic (exact) mass is 233 g/mol. The number of rotatable bonds is 0. The van der Waals surface area contributed by atoms with E-state index in [4.69, 9.17) is 4.42 Å². The highest BCUT2D eigenvalue weighted by molar-refractivity contribution is 5.55. The van der Waals surface area contributed by atoms with Gasteiger partial charge in [-0.05, 0) is 12.5 Å². The third-order valence-electron chi connectivity index (χ3n) is 2.13. The van der Waals surface area contributed by atoms with Gasteiger partial charge >= 0.3 is 6.18 Å². The molecule has 16 heavy (non-hydrogen) atoms. The molecule has 0 saturated carbocycles. The largest absolute Gasteiger partial charge is 0.445 e. The van der Waals surface area contributed by atoms with Gasteiger partial charge in [0.2, 0.25) is 0 Å². The highest BCUT2D eigenvalue weighted by Crippen LogP contribution is 2.34. The van der Waals surface area contributed by atoms with Crippen LogP contribution in [0.15, 0.2) is 9.99 Å². The van der Waals surface area contributed by atoms with Crippen LogP contribution in [0.5, 0.6) is 0 Å². The van der Waals surface area contributed by atoms with Crippen molar-refractivity contribution in [3.63, 3.8) is 0 Å². The summed E-state index contributed by atoms with van der Waals surface area (Å²) in [6.45, 7) is 5.62. The molecule has 0 aliphatic heterocycles. The summed E-state index contributed by atoms with van der Waals surface area (Å²) in [6, 6.07) is 0. The van der Waals surface area contributed by atoms with Gasteiger partial charge in [-0.3, -0.25) is 0 Å². The standard InChI is InChI=1S/C9H8F3NO.C2H6/c1-5-13-7-4-6(9(10,11)12)2-3-8(7)14-5;1-2/h4H,2-3H2,1H3;1-2H3. The molecule has 1 aromatic rings. The van der Waals surface area contributed by atoms with Gasteiger partial charge in [-0.2, -0.15) is 13.2 Å². The third-order valence-corrected chi connectivity index (χ3v) is 2.13. The van der Waals surface area contributed by atoms with Crippen molar-refractivity contribution in [3.05, 3.63) is 22.9 Å². The average Bonchev–Trinajstić information content (AvgIpc) is 2.58. The molecule has 0 spiro atoms. The SMILES string of the molecule is CC.Cc1nc2c(o1)CCC(C(F)(F)F)=C2. The maximum absolute atomic E-state index is 12.3. The molecule has 1 heterocycles. The van der Waals surface area contributed by atoms with E-state index in [2.05, 4.69) is 4.98 Å². The first-order valence-electron chi connectivity index (χ1n) is 5.21. The lowest BCUT2D eigenvalue weighted by atomic mass is 10.0. The Kier molecular flexibility index (Phi) is 3.78. The Morgan fingerprint density at radius 2 is 1.88 bits per heavy atom. The van der Waals surface area contributed by atoms with Crippen molar-refractivity contribution in [3.8, 4) is 0 Å². The molecule has 2 rings (SSSR count). The number of allylic oxidation sites excluding steroid dienone is 1. The molecule has 0 atom stereocenters. The van der Waals surface area contributed by atoms with Gasteiger partial charge in [0.15, 0.2) is 5.89 Å². The summed E-state index contributed by atoms with van der Waals surface area (Å²) in [5.74, 6) is 0.963. The average molecular weight is 233 g/mol. The molecule has 0 radical (unpaired) electrons. The van der Waals surface area contributed by atoms with Gasteiger partial charge < -0.3 is 4.42 Å². The number of hydrogen-bond acceptors (Lipinski definition) is 2. The minimum Gasteiger partial charge on any atom is -0.445 e. The van der Waals surface area contributed by atoms with Crippen LogP contribution in [-0.2, 0) is 6.42 Å². The lowest BCUT2D eigenvalue weighted by Crippen LogP contribution is -2.14. The molecule has 0 aromatic carbocycles. The highest BCUT2D eigenvalue weighted by Gasteiger charge is 2.35. The van der Waals surface area contributed by atoms with Crippen molar-refractivity contribution in [1.82, 2.24) is 4.98 Å². The molecule has 0 N–H and O–H groups in total. The summed E-state index contributed by atoms with van der Waals surface area (Å²) in [4.78, 5) is 3.87. The molecule has 0 bridgehead atoms. The second kappa shape index (κ2) is 4.72. The van der Waals surface area contributed by atoms with Gasteiger partial charge in [0, 0.05) is 18.9 Å². The van der Waals surface area contributed by atoms with Gasteiger partial charge in [0.05, 0.1) is 0 Å². The Hall–Kier alpha value is -1.26. The minimum atomic E-state index is -4.25. The molecule has 1 aromatic heterocycles. The van der Waals surface area contributed by atoms with Crippen molar-refractivity contribution in [2.24, 2.45) is 0 Å². The molecular weight excluding hydrogens is 219 g/mol. The van der Waals surface area contributed by atoms with Gasteiger partial charge in [0.25, 0.3) is 0 Å². The van der Waals surface area contributed by atoms with E-state index in [0.717, 1.165) is 6.08 Å². The number of halogens is 3. The normalized spacial score (nSPS) is 14.8. The number of hydrogen-bond donors (Lipinski definition) is 0. The molecule has 1 aliphatic rings. The van der Waals surface area contributed by atoms with Crippen LogP contribution in [0.25, 0.3) is 6.08 Å². The molecular formula is C11H14F3NO. The molecule has 5 heteroatoms. The van der Waals surface area contributed by atoms with Crippen molar-refractivity contribution < 1.29 is 17.6 Å². The topological polar surface area (TPSA) is 26.0 Å². The number of aromatic nitrogens is 1. The lowest BCUT2D eigenvalue weighted by molar-refractivity contribution is -0.0932. The molecule has 90 valence electrons. The van der Waals surface area contributed by atoms with E-state index in [-0.39, 0.29) is 12.8 Å². The van der Waals surface area contributed by atoms with Crippen LogP contribution < -0.4 is 0 Å². The number of aryl methyl sites for hydroxylation is 2. The van der Waals surface area contributed by atoms with Crippen LogP contribution in [0.2, 0.25) is 0 Å². The second-order valence-electron chi connectivity index (χ2n) is 3.21. The zero-order valence-corrected chi connectivity index (χ0v) is 9.48. The Morgan fingerprint density at radius 3 is 2.44 bits per heavy atom. The molecule has 1 aliphatic carbocycles. The fraction of sp³-hybridized carbons (Fsp3) is 0.545. The minimum absolute atomic E-state index is 0.0227. The van der Waals surface area contributed by atoms with Crippen molar-refractivity contribution in [1.29, 1.82) is 0 Å². The van der Waals surface area contributed by atoms with Crippen LogP contribution in [0.4, 0.5) is 13.2 Å². The summed E-state index contributed by atoms with van der Waals surface area (Å²) < 4.78 is 42.1. The first-order chi connectivity index (χ1) is 7.47. The third kappa shape index (κ3) is 2.65. The maximum atomic E-state index is 12.3. The van der Waals surface area contributed by atoms with Gasteiger partial charge in [-0.1, -0.05) is 13.8 Å². The van der Waals surface area contributed by atoms with Crippen molar-refractivity contribution in [2.45, 2.75) is 39.8 Å². The van der Waals surface area contributed by atoms with Crippen LogP contribution in [0.3, 0.4) is 0 Å². The van der Waals surface area contributed by atoms with Crippen LogP contribution in [-0.4, -0.2) is 11.2 Å². The molecule has 0 amide bonds. The predicted octanol–water partition coefficient (Wildman–Crippen LogP) is 3.90. The Balaban J connectivity index is 0.000000606. The molecule has 0 unspecified atom stereocenters. The van der Waals surface area contributed by atoms with E-state index in [9.17, 15) is 13.2 Å². The van der Waals surface area contributed by atoms with Gasteiger partial charge in [-0.25, -0.2) is 4.98 Å². The lowest BCUT2D eigenvalue weighted by Gasteiger charge is -2.14. The second-order valence-corrected chi connectivity index (χ2v) is 3.21. The number of fused-ring (bicyclic) bond motifs is 1. The number of alkyl halides is 3. The van der Waals surface area contributed by atoms with E-state index in [1.807, 2.05) is 13.8 Å². The van der Waals surface area contributed by atoms with E-state index in [1.165, 1.54) is 0 Å².